The fraction of sp³-hybridized carbons (Fsp3) is 0.462. The van der Waals surface area contributed by atoms with E-state index < -0.39 is 0 Å². The Hall–Kier alpha value is -0.930. The zero-order valence-electron chi connectivity index (χ0n) is 9.81. The van der Waals surface area contributed by atoms with Gasteiger partial charge in [-0.25, -0.2) is 0 Å². The summed E-state index contributed by atoms with van der Waals surface area (Å²) in [6.45, 7) is 6.41. The van der Waals surface area contributed by atoms with Crippen LogP contribution in [0.15, 0.2) is 30.3 Å². The maximum Gasteiger partial charge on any atom is 0.109 e. The average molecular weight is 234 g/mol. The van der Waals surface area contributed by atoms with Gasteiger partial charge in [-0.3, -0.25) is 0 Å². The smallest absolute Gasteiger partial charge is 0.109 e. The first kappa shape index (κ1) is 11.6. The van der Waals surface area contributed by atoms with Crippen LogP contribution in [0.5, 0.6) is 0 Å². The molecule has 86 valence electrons. The van der Waals surface area contributed by atoms with Gasteiger partial charge in [0.05, 0.1) is 0 Å². The van der Waals surface area contributed by atoms with Gasteiger partial charge in [-0.1, -0.05) is 42.5 Å². The van der Waals surface area contributed by atoms with E-state index in [1.807, 2.05) is 18.2 Å². The van der Waals surface area contributed by atoms with Crippen molar-refractivity contribution in [2.24, 2.45) is 0 Å². The van der Waals surface area contributed by atoms with Crippen molar-refractivity contribution in [1.82, 2.24) is 10.2 Å². The van der Waals surface area contributed by atoms with E-state index >= 15 is 0 Å². The van der Waals surface area contributed by atoms with E-state index in [1.54, 1.807) is 0 Å². The normalized spacial score (nSPS) is 25.5. The molecule has 0 aromatic heterocycles. The van der Waals surface area contributed by atoms with Crippen LogP contribution >= 0.6 is 12.2 Å². The highest BCUT2D eigenvalue weighted by atomic mass is 32.1. The second-order valence-corrected chi connectivity index (χ2v) is 4.93. The monoisotopic (exact) mass is 234 g/mol. The minimum absolute atomic E-state index is 0.505. The minimum Gasteiger partial charge on any atom is -0.359 e. The number of nitrogens with one attached hydrogen (secondary N) is 1. The molecule has 1 aliphatic heterocycles. The quantitative estimate of drug-likeness (QED) is 0.749. The van der Waals surface area contributed by atoms with E-state index in [2.05, 4.69) is 36.2 Å². The number of benzene rings is 1. The van der Waals surface area contributed by atoms with Crippen LogP contribution in [0.4, 0.5) is 0 Å². The molecule has 2 rings (SSSR count). The van der Waals surface area contributed by atoms with Gasteiger partial charge in [-0.2, -0.15) is 0 Å². The third-order valence-electron chi connectivity index (χ3n) is 2.87. The molecule has 0 spiro atoms. The Bertz CT molecular complexity index is 353. The molecule has 1 aromatic carbocycles. The van der Waals surface area contributed by atoms with Gasteiger partial charge in [0, 0.05) is 30.7 Å². The predicted molar refractivity (Wildman–Crippen MR) is 71.8 cm³/mol. The van der Waals surface area contributed by atoms with Crippen molar-refractivity contribution in [2.75, 3.05) is 13.1 Å². The van der Waals surface area contributed by atoms with E-state index in [0.29, 0.717) is 12.1 Å². The molecule has 1 saturated heterocycles. The van der Waals surface area contributed by atoms with E-state index in [0.717, 1.165) is 23.6 Å². The third kappa shape index (κ3) is 2.60. The molecule has 1 N–H and O–H groups in total. The van der Waals surface area contributed by atoms with Gasteiger partial charge in [0.2, 0.25) is 0 Å². The predicted octanol–water partition coefficient (Wildman–Crippen LogP) is 2.04. The molecule has 0 radical (unpaired) electrons. The molecule has 1 fully saturated rings. The standard InChI is InChI=1S/C13H18N2S/c1-10-8-15(9-11(2)14-10)13(16)12-6-4-3-5-7-12/h3-7,10-11,14H,8-9H2,1-2H3. The zero-order chi connectivity index (χ0) is 11.5. The van der Waals surface area contributed by atoms with Gasteiger partial charge in [0.25, 0.3) is 0 Å². The summed E-state index contributed by atoms with van der Waals surface area (Å²) in [6.07, 6.45) is 0. The Balaban J connectivity index is 2.10. The summed E-state index contributed by atoms with van der Waals surface area (Å²) < 4.78 is 0. The van der Waals surface area contributed by atoms with E-state index in [1.165, 1.54) is 0 Å². The van der Waals surface area contributed by atoms with Gasteiger partial charge in [0.1, 0.15) is 4.99 Å². The van der Waals surface area contributed by atoms with Crippen molar-refractivity contribution < 1.29 is 0 Å². The van der Waals surface area contributed by atoms with Crippen molar-refractivity contribution >= 4 is 17.2 Å². The summed E-state index contributed by atoms with van der Waals surface area (Å²) >= 11 is 5.54. The number of piperazine rings is 1. The van der Waals surface area contributed by atoms with Gasteiger partial charge >= 0.3 is 0 Å². The van der Waals surface area contributed by atoms with Crippen molar-refractivity contribution in [3.8, 4) is 0 Å². The molecule has 2 atom stereocenters. The van der Waals surface area contributed by atoms with Crippen molar-refractivity contribution in [3.63, 3.8) is 0 Å². The maximum absolute atomic E-state index is 5.54. The molecule has 1 heterocycles. The maximum atomic E-state index is 5.54. The fourth-order valence-electron chi connectivity index (χ4n) is 2.26. The molecule has 0 bridgehead atoms. The van der Waals surface area contributed by atoms with E-state index in [9.17, 15) is 0 Å². The lowest BCUT2D eigenvalue weighted by Crippen LogP contribution is -2.55. The number of nitrogens with zero attached hydrogens (tertiary/aromatic N) is 1. The number of rotatable bonds is 1. The SMILES string of the molecule is CC1CN(C(=S)c2ccccc2)CC(C)N1. The molecular weight excluding hydrogens is 216 g/mol. The highest BCUT2D eigenvalue weighted by molar-refractivity contribution is 7.80. The van der Waals surface area contributed by atoms with Crippen LogP contribution in [0.25, 0.3) is 0 Å². The Labute approximate surface area is 103 Å². The minimum atomic E-state index is 0.505. The first-order valence-corrected chi connectivity index (χ1v) is 6.18. The number of hydrogen-bond donors (Lipinski definition) is 1. The van der Waals surface area contributed by atoms with Gasteiger partial charge in [0.15, 0.2) is 0 Å². The first-order valence-electron chi connectivity index (χ1n) is 5.77. The summed E-state index contributed by atoms with van der Waals surface area (Å²) in [5, 5.41) is 3.51. The second kappa shape index (κ2) is 4.93. The highest BCUT2D eigenvalue weighted by Gasteiger charge is 2.22. The van der Waals surface area contributed by atoms with Crippen molar-refractivity contribution in [2.45, 2.75) is 25.9 Å². The molecule has 2 nitrogen and oxygen atoms in total. The summed E-state index contributed by atoms with van der Waals surface area (Å²) in [5.41, 5.74) is 1.15. The Kier molecular flexibility index (Phi) is 3.56. The number of hydrogen-bond acceptors (Lipinski definition) is 2. The Morgan fingerprint density at radius 1 is 1.19 bits per heavy atom. The zero-order valence-corrected chi connectivity index (χ0v) is 10.6. The van der Waals surface area contributed by atoms with Crippen LogP contribution in [0.2, 0.25) is 0 Å². The Morgan fingerprint density at radius 2 is 1.75 bits per heavy atom. The molecule has 0 saturated carbocycles. The lowest BCUT2D eigenvalue weighted by Gasteiger charge is -2.37. The lowest BCUT2D eigenvalue weighted by molar-refractivity contribution is 0.258. The fourth-order valence-corrected chi connectivity index (χ4v) is 2.54. The van der Waals surface area contributed by atoms with Crippen LogP contribution < -0.4 is 5.32 Å². The summed E-state index contributed by atoms with van der Waals surface area (Å²) in [7, 11) is 0. The van der Waals surface area contributed by atoms with Crippen LogP contribution in [-0.4, -0.2) is 35.1 Å². The highest BCUT2D eigenvalue weighted by Crippen LogP contribution is 2.11. The summed E-state index contributed by atoms with van der Waals surface area (Å²) in [6, 6.07) is 11.3. The van der Waals surface area contributed by atoms with E-state index in [4.69, 9.17) is 12.2 Å². The van der Waals surface area contributed by atoms with Crippen molar-refractivity contribution in [1.29, 1.82) is 0 Å². The molecule has 0 aliphatic carbocycles. The van der Waals surface area contributed by atoms with Gasteiger partial charge < -0.3 is 10.2 Å². The molecule has 16 heavy (non-hydrogen) atoms. The lowest BCUT2D eigenvalue weighted by atomic mass is 10.1. The molecule has 1 aliphatic rings. The molecule has 3 heteroatoms. The molecule has 2 unspecified atom stereocenters. The van der Waals surface area contributed by atoms with Crippen LogP contribution in [0, 0.1) is 0 Å². The van der Waals surface area contributed by atoms with Gasteiger partial charge in [-0.05, 0) is 13.8 Å². The topological polar surface area (TPSA) is 15.3 Å². The third-order valence-corrected chi connectivity index (χ3v) is 3.36. The summed E-state index contributed by atoms with van der Waals surface area (Å²) in [4.78, 5) is 3.28. The first-order chi connectivity index (χ1) is 7.66. The van der Waals surface area contributed by atoms with Crippen LogP contribution in [0.3, 0.4) is 0 Å². The van der Waals surface area contributed by atoms with E-state index in [-0.39, 0.29) is 0 Å². The largest absolute Gasteiger partial charge is 0.359 e. The molecule has 1 aromatic rings. The van der Waals surface area contributed by atoms with Crippen molar-refractivity contribution in [3.05, 3.63) is 35.9 Å². The summed E-state index contributed by atoms with van der Waals surface area (Å²) in [5.74, 6) is 0. The average Bonchev–Trinajstić information content (AvgIpc) is 2.28. The second-order valence-electron chi connectivity index (χ2n) is 4.54. The van der Waals surface area contributed by atoms with Crippen LogP contribution in [0.1, 0.15) is 19.4 Å². The molecular formula is C13H18N2S. The number of thiocarbonyl (C=S) groups is 1. The molecule has 0 amide bonds. The van der Waals surface area contributed by atoms with Gasteiger partial charge in [-0.15, -0.1) is 0 Å². The Morgan fingerprint density at radius 3 is 2.31 bits per heavy atom. The van der Waals surface area contributed by atoms with Crippen LogP contribution in [-0.2, 0) is 0 Å².